The van der Waals surface area contributed by atoms with E-state index in [1.54, 1.807) is 0 Å². The summed E-state index contributed by atoms with van der Waals surface area (Å²) < 4.78 is 0. The molecule has 1 heterocycles. The highest BCUT2D eigenvalue weighted by Crippen LogP contribution is 2.38. The van der Waals surface area contributed by atoms with Crippen LogP contribution in [0.2, 0.25) is 0 Å². The van der Waals surface area contributed by atoms with Crippen molar-refractivity contribution in [3.05, 3.63) is 59.7 Å². The highest BCUT2D eigenvalue weighted by molar-refractivity contribution is 6.05. The Morgan fingerprint density at radius 2 is 1.73 bits per heavy atom. The van der Waals surface area contributed by atoms with Crippen molar-refractivity contribution in [3.63, 3.8) is 0 Å². The quantitative estimate of drug-likeness (QED) is 0.862. The molecule has 1 aliphatic heterocycles. The van der Waals surface area contributed by atoms with Gasteiger partial charge in [0, 0.05) is 32.0 Å². The van der Waals surface area contributed by atoms with Gasteiger partial charge in [-0.05, 0) is 42.7 Å². The summed E-state index contributed by atoms with van der Waals surface area (Å²) in [4.78, 5) is 16.7. The van der Waals surface area contributed by atoms with Gasteiger partial charge in [0.25, 0.3) is 0 Å². The first kappa shape index (κ1) is 14.6. The lowest BCUT2D eigenvalue weighted by Crippen LogP contribution is -2.29. The van der Waals surface area contributed by atoms with E-state index in [0.717, 1.165) is 24.2 Å². The molecule has 0 radical (unpaired) electrons. The van der Waals surface area contributed by atoms with Gasteiger partial charge in [-0.3, -0.25) is 4.79 Å². The molecule has 3 rings (SSSR count). The normalized spacial score (nSPS) is 16.8. The average Bonchev–Trinajstić information content (AvgIpc) is 2.80. The number of para-hydroxylation sites is 1. The van der Waals surface area contributed by atoms with Gasteiger partial charge in [-0.15, -0.1) is 0 Å². The Labute approximate surface area is 132 Å². The Bertz CT molecular complexity index is 676. The van der Waals surface area contributed by atoms with E-state index in [-0.39, 0.29) is 11.8 Å². The van der Waals surface area contributed by atoms with Crippen molar-refractivity contribution in [2.75, 3.05) is 30.4 Å². The van der Waals surface area contributed by atoms with Crippen LogP contribution in [0.3, 0.4) is 0 Å². The molecular formula is C19H22N2O. The monoisotopic (exact) mass is 294 g/mol. The number of carbonyl (C=O) groups is 1. The third-order valence-corrected chi connectivity index (χ3v) is 4.38. The van der Waals surface area contributed by atoms with Gasteiger partial charge in [-0.25, -0.2) is 0 Å². The van der Waals surface area contributed by atoms with Crippen molar-refractivity contribution in [1.82, 2.24) is 0 Å². The second kappa shape index (κ2) is 5.84. The van der Waals surface area contributed by atoms with Crippen molar-refractivity contribution in [2.45, 2.75) is 19.3 Å². The van der Waals surface area contributed by atoms with Crippen LogP contribution >= 0.6 is 0 Å². The molecule has 0 fully saturated rings. The maximum absolute atomic E-state index is 12.7. The number of rotatable bonds is 4. The lowest BCUT2D eigenvalue weighted by molar-refractivity contribution is -0.119. The molecule has 3 nitrogen and oxygen atoms in total. The van der Waals surface area contributed by atoms with Gasteiger partial charge in [-0.1, -0.05) is 30.3 Å². The van der Waals surface area contributed by atoms with E-state index in [1.165, 1.54) is 11.3 Å². The van der Waals surface area contributed by atoms with Crippen molar-refractivity contribution in [2.24, 2.45) is 0 Å². The predicted octanol–water partition coefficient (Wildman–Crippen LogP) is 3.45. The Morgan fingerprint density at radius 1 is 1.05 bits per heavy atom. The van der Waals surface area contributed by atoms with Crippen LogP contribution in [0, 0.1) is 0 Å². The molecule has 0 spiro atoms. The maximum atomic E-state index is 12.7. The average molecular weight is 294 g/mol. The third kappa shape index (κ3) is 2.47. The zero-order valence-electron chi connectivity index (χ0n) is 13.4. The van der Waals surface area contributed by atoms with E-state index in [2.05, 4.69) is 35.2 Å². The van der Waals surface area contributed by atoms with E-state index in [1.807, 2.05) is 44.1 Å². The first-order valence-electron chi connectivity index (χ1n) is 7.78. The van der Waals surface area contributed by atoms with Gasteiger partial charge in [0.2, 0.25) is 5.91 Å². The predicted molar refractivity (Wildman–Crippen MR) is 91.7 cm³/mol. The second-order valence-corrected chi connectivity index (χ2v) is 5.96. The summed E-state index contributed by atoms with van der Waals surface area (Å²) in [5.74, 6) is 0.168. The molecule has 1 aliphatic rings. The van der Waals surface area contributed by atoms with Crippen molar-refractivity contribution >= 4 is 17.3 Å². The molecule has 0 saturated carbocycles. The zero-order chi connectivity index (χ0) is 15.7. The van der Waals surface area contributed by atoms with Gasteiger partial charge in [0.1, 0.15) is 0 Å². The summed E-state index contributed by atoms with van der Waals surface area (Å²) in [6.45, 7) is 2.76. The van der Waals surface area contributed by atoms with Crippen LogP contribution in [0.15, 0.2) is 48.5 Å². The molecule has 0 unspecified atom stereocenters. The molecule has 0 aliphatic carbocycles. The van der Waals surface area contributed by atoms with Crippen LogP contribution in [0.4, 0.5) is 11.4 Å². The minimum absolute atomic E-state index is 0.0543. The van der Waals surface area contributed by atoms with Crippen LogP contribution in [-0.4, -0.2) is 26.5 Å². The largest absolute Gasteiger partial charge is 0.378 e. The van der Waals surface area contributed by atoms with Crippen LogP contribution in [0.25, 0.3) is 0 Å². The first-order valence-corrected chi connectivity index (χ1v) is 7.78. The molecule has 2 aromatic carbocycles. The lowest BCUT2D eigenvalue weighted by Gasteiger charge is -2.16. The summed E-state index contributed by atoms with van der Waals surface area (Å²) in [5.41, 5.74) is 4.62. The molecule has 114 valence electrons. The van der Waals surface area contributed by atoms with Crippen molar-refractivity contribution in [1.29, 1.82) is 0 Å². The number of likely N-dealkylation sites (N-methyl/N-ethyl adjacent to an activating group) is 1. The molecule has 0 N–H and O–H groups in total. The van der Waals surface area contributed by atoms with E-state index in [9.17, 15) is 4.79 Å². The molecule has 1 atom stereocenters. The summed E-state index contributed by atoms with van der Waals surface area (Å²) in [6.07, 6.45) is 0.764. The fourth-order valence-corrected chi connectivity index (χ4v) is 3.16. The van der Waals surface area contributed by atoms with E-state index >= 15 is 0 Å². The summed E-state index contributed by atoms with van der Waals surface area (Å²) >= 11 is 0. The first-order chi connectivity index (χ1) is 10.6. The summed E-state index contributed by atoms with van der Waals surface area (Å²) in [6, 6.07) is 16.6. The highest BCUT2D eigenvalue weighted by atomic mass is 16.2. The maximum Gasteiger partial charge on any atom is 0.234 e. The molecule has 1 amide bonds. The molecule has 0 saturated heterocycles. The summed E-state index contributed by atoms with van der Waals surface area (Å²) in [7, 11) is 4.07. The number of nitrogens with zero attached hydrogens (tertiary/aromatic N) is 2. The molecule has 3 heteroatoms. The molecule has 2 aromatic rings. The number of hydrogen-bond acceptors (Lipinski definition) is 2. The lowest BCUT2D eigenvalue weighted by atomic mass is 9.93. The minimum Gasteiger partial charge on any atom is -0.378 e. The smallest absolute Gasteiger partial charge is 0.234 e. The molecule has 22 heavy (non-hydrogen) atoms. The van der Waals surface area contributed by atoms with Gasteiger partial charge >= 0.3 is 0 Å². The van der Waals surface area contributed by atoms with Gasteiger partial charge < -0.3 is 9.80 Å². The number of carbonyl (C=O) groups excluding carboxylic acids is 1. The Hall–Kier alpha value is -2.29. The molecule has 0 bridgehead atoms. The number of amides is 1. The number of benzene rings is 2. The topological polar surface area (TPSA) is 23.6 Å². The Kier molecular flexibility index (Phi) is 3.88. The third-order valence-electron chi connectivity index (χ3n) is 4.38. The molecular weight excluding hydrogens is 272 g/mol. The Balaban J connectivity index is 1.87. The fraction of sp³-hybridized carbons (Fsp3) is 0.316. The fourth-order valence-electron chi connectivity index (χ4n) is 3.16. The molecule has 0 aromatic heterocycles. The summed E-state index contributed by atoms with van der Waals surface area (Å²) in [5, 5.41) is 0. The van der Waals surface area contributed by atoms with Gasteiger partial charge in [0.05, 0.1) is 5.92 Å². The van der Waals surface area contributed by atoms with E-state index < -0.39 is 0 Å². The van der Waals surface area contributed by atoms with Crippen LogP contribution < -0.4 is 9.80 Å². The number of hydrogen-bond donors (Lipinski definition) is 0. The van der Waals surface area contributed by atoms with E-state index in [0.29, 0.717) is 0 Å². The Morgan fingerprint density at radius 3 is 2.36 bits per heavy atom. The second-order valence-electron chi connectivity index (χ2n) is 5.96. The highest BCUT2D eigenvalue weighted by Gasteiger charge is 2.35. The SMILES string of the molecule is CCN1C(=O)[C@@H](Cc2ccc(N(C)C)cc2)c2ccccc21. The van der Waals surface area contributed by atoms with Gasteiger partial charge in [-0.2, -0.15) is 0 Å². The van der Waals surface area contributed by atoms with Crippen molar-refractivity contribution in [3.8, 4) is 0 Å². The zero-order valence-corrected chi connectivity index (χ0v) is 13.4. The van der Waals surface area contributed by atoms with E-state index in [4.69, 9.17) is 0 Å². The number of fused-ring (bicyclic) bond motifs is 1. The number of anilines is 2. The minimum atomic E-state index is -0.0543. The standard InChI is InChI=1S/C19H22N2O/c1-4-21-18-8-6-5-7-16(18)17(19(21)22)13-14-9-11-15(12-10-14)20(2)3/h5-12,17H,4,13H2,1-3H3/t17-/m0/s1. The van der Waals surface area contributed by atoms with Crippen LogP contribution in [0.1, 0.15) is 24.0 Å². The van der Waals surface area contributed by atoms with Crippen LogP contribution in [0.5, 0.6) is 0 Å². The van der Waals surface area contributed by atoms with Crippen LogP contribution in [-0.2, 0) is 11.2 Å². The van der Waals surface area contributed by atoms with Gasteiger partial charge in [0.15, 0.2) is 0 Å². The van der Waals surface area contributed by atoms with Crippen molar-refractivity contribution < 1.29 is 4.79 Å².